The van der Waals surface area contributed by atoms with E-state index in [2.05, 4.69) is 10.6 Å². The minimum absolute atomic E-state index is 0.220. The highest BCUT2D eigenvalue weighted by molar-refractivity contribution is 6.30. The fraction of sp³-hybridized carbons (Fsp3) is 0.222. The number of carbonyl (C=O) groups excluding carboxylic acids is 2. The van der Waals surface area contributed by atoms with Crippen LogP contribution in [-0.2, 0) is 11.2 Å². The Morgan fingerprint density at radius 2 is 2.00 bits per heavy atom. The zero-order chi connectivity index (χ0) is 17.1. The number of benzene rings is 2. The van der Waals surface area contributed by atoms with Crippen LogP contribution in [0.15, 0.2) is 42.5 Å². The summed E-state index contributed by atoms with van der Waals surface area (Å²) in [4.78, 5) is 24.1. The summed E-state index contributed by atoms with van der Waals surface area (Å²) in [6, 6.07) is 12.6. The van der Waals surface area contributed by atoms with Crippen LogP contribution < -0.4 is 15.4 Å². The number of para-hydroxylation sites is 1. The molecule has 2 N–H and O–H groups in total. The van der Waals surface area contributed by atoms with Gasteiger partial charge in [-0.3, -0.25) is 9.59 Å². The normalized spacial score (nSPS) is 15.9. The van der Waals surface area contributed by atoms with Gasteiger partial charge in [0.05, 0.1) is 11.3 Å². The second kappa shape index (κ2) is 6.93. The Balaban J connectivity index is 1.66. The van der Waals surface area contributed by atoms with Crippen LogP contribution in [-0.4, -0.2) is 24.5 Å². The van der Waals surface area contributed by atoms with Crippen LogP contribution in [0, 0.1) is 0 Å². The van der Waals surface area contributed by atoms with Crippen molar-refractivity contribution in [2.24, 2.45) is 0 Å². The molecule has 0 aromatic heterocycles. The number of halogens is 1. The van der Waals surface area contributed by atoms with Crippen molar-refractivity contribution in [2.75, 3.05) is 11.9 Å². The Kier molecular flexibility index (Phi) is 4.71. The third-order valence-corrected chi connectivity index (χ3v) is 4.05. The minimum atomic E-state index is -0.625. The van der Waals surface area contributed by atoms with Crippen molar-refractivity contribution in [1.29, 1.82) is 0 Å². The molecule has 0 saturated carbocycles. The fourth-order valence-electron chi connectivity index (χ4n) is 2.47. The molecule has 0 spiro atoms. The lowest BCUT2D eigenvalue weighted by atomic mass is 10.1. The maximum absolute atomic E-state index is 12.4. The van der Waals surface area contributed by atoms with Crippen LogP contribution in [0.2, 0.25) is 5.02 Å². The van der Waals surface area contributed by atoms with Crippen molar-refractivity contribution in [2.45, 2.75) is 19.4 Å². The summed E-state index contributed by atoms with van der Waals surface area (Å²) in [5.74, 6) is -0.0412. The second-order valence-corrected chi connectivity index (χ2v) is 6.00. The van der Waals surface area contributed by atoms with Crippen LogP contribution in [0.3, 0.4) is 0 Å². The molecule has 0 aliphatic carbocycles. The highest BCUT2D eigenvalue weighted by atomic mass is 35.5. The maximum atomic E-state index is 12.4. The Hall–Kier alpha value is -2.53. The van der Waals surface area contributed by atoms with Gasteiger partial charge in [0.25, 0.3) is 11.8 Å². The van der Waals surface area contributed by atoms with E-state index in [-0.39, 0.29) is 11.8 Å². The van der Waals surface area contributed by atoms with Crippen molar-refractivity contribution < 1.29 is 14.3 Å². The maximum Gasteiger partial charge on any atom is 0.265 e. The summed E-state index contributed by atoms with van der Waals surface area (Å²) in [6.07, 6.45) is 0.0758. The molecule has 5 nitrogen and oxygen atoms in total. The molecule has 124 valence electrons. The topological polar surface area (TPSA) is 67.4 Å². The Morgan fingerprint density at radius 3 is 2.75 bits per heavy atom. The lowest BCUT2D eigenvalue weighted by Crippen LogP contribution is -2.36. The number of anilines is 1. The SMILES string of the molecule is CC1Oc2c(cccc2C(=O)NCCc2ccc(Cl)cc2)NC1=O. The number of nitrogens with one attached hydrogen (secondary N) is 2. The van der Waals surface area contributed by atoms with E-state index < -0.39 is 6.10 Å². The van der Waals surface area contributed by atoms with Crippen LogP contribution in [0.25, 0.3) is 0 Å². The van der Waals surface area contributed by atoms with Gasteiger partial charge in [0.2, 0.25) is 0 Å². The van der Waals surface area contributed by atoms with E-state index in [0.29, 0.717) is 35.0 Å². The molecule has 2 amide bonds. The van der Waals surface area contributed by atoms with Gasteiger partial charge in [-0.05, 0) is 43.2 Å². The van der Waals surface area contributed by atoms with E-state index in [1.807, 2.05) is 24.3 Å². The van der Waals surface area contributed by atoms with Gasteiger partial charge in [0, 0.05) is 11.6 Å². The van der Waals surface area contributed by atoms with Gasteiger partial charge in [-0.15, -0.1) is 0 Å². The molecular formula is C18H17ClN2O3. The van der Waals surface area contributed by atoms with Gasteiger partial charge >= 0.3 is 0 Å². The van der Waals surface area contributed by atoms with E-state index in [0.717, 1.165) is 5.56 Å². The van der Waals surface area contributed by atoms with Crippen LogP contribution in [0.4, 0.5) is 5.69 Å². The first-order valence-electron chi connectivity index (χ1n) is 7.68. The monoisotopic (exact) mass is 344 g/mol. The molecule has 1 aliphatic heterocycles. The molecule has 3 rings (SSSR count). The molecule has 1 heterocycles. The van der Waals surface area contributed by atoms with Gasteiger partial charge in [-0.2, -0.15) is 0 Å². The summed E-state index contributed by atoms with van der Waals surface area (Å²) in [7, 11) is 0. The van der Waals surface area contributed by atoms with Crippen molar-refractivity contribution >= 4 is 29.1 Å². The van der Waals surface area contributed by atoms with Gasteiger partial charge in [-0.25, -0.2) is 0 Å². The predicted molar refractivity (Wildman–Crippen MR) is 92.7 cm³/mol. The summed E-state index contributed by atoms with van der Waals surface area (Å²) >= 11 is 5.85. The molecule has 2 aromatic rings. The molecular weight excluding hydrogens is 328 g/mol. The van der Waals surface area contributed by atoms with Gasteiger partial charge < -0.3 is 15.4 Å². The molecule has 0 bridgehead atoms. The van der Waals surface area contributed by atoms with Gasteiger partial charge in [0.1, 0.15) is 0 Å². The average Bonchev–Trinajstić information content (AvgIpc) is 2.57. The first-order valence-corrected chi connectivity index (χ1v) is 8.05. The van der Waals surface area contributed by atoms with E-state index in [1.54, 1.807) is 25.1 Å². The summed E-state index contributed by atoms with van der Waals surface area (Å²) in [6.45, 7) is 2.14. The van der Waals surface area contributed by atoms with Crippen LogP contribution in [0.5, 0.6) is 5.75 Å². The molecule has 24 heavy (non-hydrogen) atoms. The van der Waals surface area contributed by atoms with Crippen molar-refractivity contribution in [3.63, 3.8) is 0 Å². The van der Waals surface area contributed by atoms with E-state index >= 15 is 0 Å². The third-order valence-electron chi connectivity index (χ3n) is 3.79. The van der Waals surface area contributed by atoms with Crippen LogP contribution in [0.1, 0.15) is 22.8 Å². The number of hydrogen-bond donors (Lipinski definition) is 2. The van der Waals surface area contributed by atoms with E-state index in [9.17, 15) is 9.59 Å². The lowest BCUT2D eigenvalue weighted by Gasteiger charge is -2.25. The van der Waals surface area contributed by atoms with E-state index in [4.69, 9.17) is 16.3 Å². The smallest absolute Gasteiger partial charge is 0.265 e. The highest BCUT2D eigenvalue weighted by Crippen LogP contribution is 2.33. The van der Waals surface area contributed by atoms with Crippen molar-refractivity contribution in [1.82, 2.24) is 5.32 Å². The standard InChI is InChI=1S/C18H17ClN2O3/c1-11-17(22)21-15-4-2-3-14(16(15)24-11)18(23)20-10-9-12-5-7-13(19)8-6-12/h2-8,11H,9-10H2,1H3,(H,20,23)(H,21,22). The quantitative estimate of drug-likeness (QED) is 0.895. The highest BCUT2D eigenvalue weighted by Gasteiger charge is 2.27. The van der Waals surface area contributed by atoms with E-state index in [1.165, 1.54) is 0 Å². The molecule has 0 fully saturated rings. The Labute approximate surface area is 145 Å². The Morgan fingerprint density at radius 1 is 1.25 bits per heavy atom. The van der Waals surface area contributed by atoms with Gasteiger partial charge in [-0.1, -0.05) is 29.8 Å². The molecule has 6 heteroatoms. The second-order valence-electron chi connectivity index (χ2n) is 5.56. The molecule has 0 saturated heterocycles. The number of fused-ring (bicyclic) bond motifs is 1. The molecule has 0 radical (unpaired) electrons. The first-order chi connectivity index (χ1) is 11.5. The zero-order valence-electron chi connectivity index (χ0n) is 13.1. The number of ether oxygens (including phenoxy) is 1. The van der Waals surface area contributed by atoms with Crippen molar-refractivity contribution in [3.05, 3.63) is 58.6 Å². The summed E-state index contributed by atoms with van der Waals surface area (Å²) in [5, 5.41) is 6.30. The lowest BCUT2D eigenvalue weighted by molar-refractivity contribution is -0.122. The molecule has 1 atom stereocenters. The molecule has 1 aliphatic rings. The summed E-state index contributed by atoms with van der Waals surface area (Å²) < 4.78 is 5.59. The summed E-state index contributed by atoms with van der Waals surface area (Å²) in [5.41, 5.74) is 2.02. The number of rotatable bonds is 4. The fourth-order valence-corrected chi connectivity index (χ4v) is 2.60. The Bertz CT molecular complexity index is 774. The number of carbonyl (C=O) groups is 2. The largest absolute Gasteiger partial charge is 0.478 e. The first kappa shape index (κ1) is 16.3. The zero-order valence-corrected chi connectivity index (χ0v) is 13.9. The number of amides is 2. The van der Waals surface area contributed by atoms with Gasteiger partial charge in [0.15, 0.2) is 11.9 Å². The predicted octanol–water partition coefficient (Wildman–Crippen LogP) is 3.03. The molecule has 1 unspecified atom stereocenters. The molecule has 2 aromatic carbocycles. The average molecular weight is 345 g/mol. The third kappa shape index (κ3) is 3.51. The minimum Gasteiger partial charge on any atom is -0.478 e. The van der Waals surface area contributed by atoms with Crippen molar-refractivity contribution in [3.8, 4) is 5.75 Å². The van der Waals surface area contributed by atoms with Crippen LogP contribution >= 0.6 is 11.6 Å². The number of hydrogen-bond acceptors (Lipinski definition) is 3.